The van der Waals surface area contributed by atoms with Crippen molar-refractivity contribution in [3.8, 4) is 16.2 Å². The predicted molar refractivity (Wildman–Crippen MR) is 115 cm³/mol. The van der Waals surface area contributed by atoms with Gasteiger partial charge in [0.05, 0.1) is 11.1 Å². The van der Waals surface area contributed by atoms with Gasteiger partial charge >= 0.3 is 0 Å². The van der Waals surface area contributed by atoms with Crippen LogP contribution < -0.4 is 20.9 Å². The molecule has 0 unspecified atom stereocenters. The Morgan fingerprint density at radius 1 is 1.23 bits per heavy atom. The number of carbonyl (C=O) groups is 2. The molecule has 3 aromatic heterocycles. The van der Waals surface area contributed by atoms with Crippen LogP contribution in [0, 0.1) is 0 Å². The van der Waals surface area contributed by atoms with E-state index in [2.05, 4.69) is 20.6 Å². The number of rotatable bonds is 4. The number of ether oxygens (including phenoxy) is 1. The van der Waals surface area contributed by atoms with Gasteiger partial charge < -0.3 is 20.4 Å². The van der Waals surface area contributed by atoms with Crippen LogP contribution in [0.1, 0.15) is 16.2 Å². The highest BCUT2D eigenvalue weighted by Crippen LogP contribution is 2.33. The van der Waals surface area contributed by atoms with Gasteiger partial charge in [0, 0.05) is 22.4 Å². The first-order valence-corrected chi connectivity index (χ1v) is 10.7. The first-order chi connectivity index (χ1) is 14.6. The molecule has 0 atom stereocenters. The zero-order valence-corrected chi connectivity index (χ0v) is 17.0. The van der Waals surface area contributed by atoms with Gasteiger partial charge in [0.25, 0.3) is 17.4 Å². The number of hydrogen-bond acceptors (Lipinski definition) is 7. The van der Waals surface area contributed by atoms with Gasteiger partial charge in [-0.25, -0.2) is 4.98 Å². The number of hydrogen-bond donors (Lipinski definition) is 3. The molecular weight excluding hydrogens is 424 g/mol. The van der Waals surface area contributed by atoms with Crippen molar-refractivity contribution in [2.45, 2.75) is 6.54 Å². The fraction of sp³-hybridized carbons (Fsp3) is 0.100. The first kappa shape index (κ1) is 18.5. The van der Waals surface area contributed by atoms with E-state index in [0.717, 1.165) is 16.0 Å². The molecule has 0 spiro atoms. The predicted octanol–water partition coefficient (Wildman–Crippen LogP) is 2.97. The quantitative estimate of drug-likeness (QED) is 0.453. The third kappa shape index (κ3) is 3.36. The lowest BCUT2D eigenvalue weighted by atomic mass is 10.1. The number of aromatic nitrogens is 2. The maximum absolute atomic E-state index is 12.6. The summed E-state index contributed by atoms with van der Waals surface area (Å²) in [5, 5.41) is 9.78. The summed E-state index contributed by atoms with van der Waals surface area (Å²) in [6.45, 7) is 0.191. The topological polar surface area (TPSA) is 113 Å². The summed E-state index contributed by atoms with van der Waals surface area (Å²) in [6.07, 6.45) is 0. The van der Waals surface area contributed by atoms with Crippen molar-refractivity contribution in [1.29, 1.82) is 0 Å². The van der Waals surface area contributed by atoms with E-state index in [4.69, 9.17) is 4.74 Å². The van der Waals surface area contributed by atoms with Crippen molar-refractivity contribution in [2.75, 3.05) is 11.9 Å². The third-order valence-corrected chi connectivity index (χ3v) is 6.35. The van der Waals surface area contributed by atoms with Gasteiger partial charge in [-0.3, -0.25) is 14.4 Å². The largest absolute Gasteiger partial charge is 0.482 e. The summed E-state index contributed by atoms with van der Waals surface area (Å²) in [5.74, 6) is -0.170. The van der Waals surface area contributed by atoms with E-state index in [0.29, 0.717) is 21.7 Å². The maximum Gasteiger partial charge on any atom is 0.287 e. The Morgan fingerprint density at radius 2 is 2.13 bits per heavy atom. The van der Waals surface area contributed by atoms with Crippen LogP contribution in [0.5, 0.6) is 5.75 Å². The Labute approximate surface area is 177 Å². The van der Waals surface area contributed by atoms with Crippen molar-refractivity contribution in [1.82, 2.24) is 15.3 Å². The Balaban J connectivity index is 1.36. The van der Waals surface area contributed by atoms with Crippen LogP contribution in [-0.2, 0) is 11.3 Å². The molecule has 8 nitrogen and oxygen atoms in total. The molecule has 1 aliphatic rings. The summed E-state index contributed by atoms with van der Waals surface area (Å²) >= 11 is 2.87. The van der Waals surface area contributed by atoms with Crippen LogP contribution in [-0.4, -0.2) is 28.4 Å². The van der Waals surface area contributed by atoms with E-state index >= 15 is 0 Å². The van der Waals surface area contributed by atoms with Crippen LogP contribution in [0.2, 0.25) is 0 Å². The smallest absolute Gasteiger partial charge is 0.287 e. The summed E-state index contributed by atoms with van der Waals surface area (Å²) < 4.78 is 5.32. The Morgan fingerprint density at radius 3 is 2.97 bits per heavy atom. The second-order valence-electron chi connectivity index (χ2n) is 6.57. The fourth-order valence-corrected chi connectivity index (χ4v) is 4.94. The number of anilines is 1. The molecule has 2 amide bonds. The van der Waals surface area contributed by atoms with Crippen molar-refractivity contribution in [2.24, 2.45) is 0 Å². The number of H-pyrrole nitrogens is 1. The molecule has 0 fully saturated rings. The second kappa shape index (κ2) is 7.39. The molecule has 0 saturated heterocycles. The zero-order valence-electron chi connectivity index (χ0n) is 15.4. The van der Waals surface area contributed by atoms with Gasteiger partial charge in [-0.05, 0) is 29.1 Å². The Hall–Kier alpha value is -3.50. The number of amides is 2. The van der Waals surface area contributed by atoms with Crippen LogP contribution in [0.15, 0.2) is 45.9 Å². The van der Waals surface area contributed by atoms with Gasteiger partial charge in [0.1, 0.15) is 10.6 Å². The van der Waals surface area contributed by atoms with E-state index < -0.39 is 5.91 Å². The second-order valence-corrected chi connectivity index (χ2v) is 8.38. The van der Waals surface area contributed by atoms with Crippen molar-refractivity contribution in [3.05, 3.63) is 62.8 Å². The zero-order chi connectivity index (χ0) is 20.7. The fourth-order valence-electron chi connectivity index (χ4n) is 3.18. The first-order valence-electron chi connectivity index (χ1n) is 8.97. The molecule has 0 aliphatic carbocycles. The number of nitrogens with zero attached hydrogens (tertiary/aromatic N) is 1. The highest BCUT2D eigenvalue weighted by molar-refractivity contribution is 7.18. The molecule has 1 aliphatic heterocycles. The molecule has 5 rings (SSSR count). The number of thiophene rings is 2. The van der Waals surface area contributed by atoms with Gasteiger partial charge in [-0.1, -0.05) is 12.1 Å². The van der Waals surface area contributed by atoms with E-state index in [-0.39, 0.29) is 30.4 Å². The lowest BCUT2D eigenvalue weighted by Gasteiger charge is -2.18. The number of nitrogens with one attached hydrogen (secondary N) is 3. The number of aromatic amines is 1. The summed E-state index contributed by atoms with van der Waals surface area (Å²) in [5.41, 5.74) is 1.81. The van der Waals surface area contributed by atoms with Gasteiger partial charge in [0.15, 0.2) is 6.61 Å². The van der Waals surface area contributed by atoms with Crippen molar-refractivity contribution in [3.63, 3.8) is 0 Å². The molecular formula is C20H14N4O4S2. The molecule has 3 N–H and O–H groups in total. The van der Waals surface area contributed by atoms with E-state index in [9.17, 15) is 14.4 Å². The Kier molecular flexibility index (Phi) is 4.57. The van der Waals surface area contributed by atoms with E-state index in [1.165, 1.54) is 11.3 Å². The Bertz CT molecular complexity index is 1340. The third-order valence-electron chi connectivity index (χ3n) is 4.58. The molecule has 0 radical (unpaired) electrons. The molecule has 4 aromatic rings. The highest BCUT2D eigenvalue weighted by atomic mass is 32.1. The van der Waals surface area contributed by atoms with Crippen LogP contribution in [0.25, 0.3) is 20.7 Å². The monoisotopic (exact) mass is 438 g/mol. The van der Waals surface area contributed by atoms with Crippen molar-refractivity contribution >= 4 is 50.4 Å². The lowest BCUT2D eigenvalue weighted by Crippen LogP contribution is -2.28. The summed E-state index contributed by atoms with van der Waals surface area (Å²) in [6, 6.07) is 9.13. The van der Waals surface area contributed by atoms with Gasteiger partial charge in [0.2, 0.25) is 5.82 Å². The molecule has 0 saturated carbocycles. The minimum atomic E-state index is -0.488. The van der Waals surface area contributed by atoms with Gasteiger partial charge in [-0.15, -0.1) is 22.7 Å². The minimum absolute atomic E-state index is 0.0124. The number of benzene rings is 1. The van der Waals surface area contributed by atoms with E-state index in [1.807, 2.05) is 22.9 Å². The molecule has 1 aromatic carbocycles. The van der Waals surface area contributed by atoms with E-state index in [1.54, 1.807) is 29.5 Å². The molecule has 4 heterocycles. The molecule has 0 bridgehead atoms. The van der Waals surface area contributed by atoms with Crippen LogP contribution in [0.3, 0.4) is 0 Å². The minimum Gasteiger partial charge on any atom is -0.482 e. The maximum atomic E-state index is 12.6. The summed E-state index contributed by atoms with van der Waals surface area (Å²) in [7, 11) is 0. The highest BCUT2D eigenvalue weighted by Gasteiger charge is 2.18. The standard InChI is InChI=1S/C20H14N4O4S2/c25-15-8-28-13-4-3-10(6-12(13)22-15)7-21-19(27)17-23-18(26)16-11(9-30-20(16)24-17)14-2-1-5-29-14/h1-6,9H,7-8H2,(H,21,27)(H,22,25)(H,23,24,26). The lowest BCUT2D eigenvalue weighted by molar-refractivity contribution is -0.118. The number of carbonyl (C=O) groups excluding carboxylic acids is 2. The molecule has 30 heavy (non-hydrogen) atoms. The van der Waals surface area contributed by atoms with Crippen LogP contribution in [0.4, 0.5) is 5.69 Å². The molecule has 10 heteroatoms. The van der Waals surface area contributed by atoms with Crippen molar-refractivity contribution < 1.29 is 14.3 Å². The SMILES string of the molecule is O=C1COc2ccc(CNC(=O)c3nc4scc(-c5cccs5)c4c(=O)[nH]3)cc2N1. The average molecular weight is 438 g/mol. The number of fused-ring (bicyclic) bond motifs is 2. The van der Waals surface area contributed by atoms with Gasteiger partial charge in [-0.2, -0.15) is 0 Å². The average Bonchev–Trinajstić information content (AvgIpc) is 3.41. The normalized spacial score (nSPS) is 12.9. The van der Waals surface area contributed by atoms with Crippen LogP contribution >= 0.6 is 22.7 Å². The molecule has 150 valence electrons. The summed E-state index contributed by atoms with van der Waals surface area (Å²) in [4.78, 5) is 45.1.